The van der Waals surface area contributed by atoms with Crippen LogP contribution in [-0.4, -0.2) is 22.7 Å². The van der Waals surface area contributed by atoms with Crippen LogP contribution in [0.1, 0.15) is 13.3 Å². The SMILES string of the molecule is CCC(O)CNc1ccc(Cl)cc1[N+](=O)[O-]. The van der Waals surface area contributed by atoms with Gasteiger partial charge in [-0.25, -0.2) is 0 Å². The quantitative estimate of drug-likeness (QED) is 0.616. The van der Waals surface area contributed by atoms with Gasteiger partial charge in [0.1, 0.15) is 5.69 Å². The molecule has 1 atom stereocenters. The van der Waals surface area contributed by atoms with Gasteiger partial charge >= 0.3 is 0 Å². The van der Waals surface area contributed by atoms with Crippen molar-refractivity contribution >= 4 is 23.0 Å². The number of nitrogens with zero attached hydrogens (tertiary/aromatic N) is 1. The molecule has 0 spiro atoms. The van der Waals surface area contributed by atoms with Crippen molar-refractivity contribution in [1.82, 2.24) is 0 Å². The maximum Gasteiger partial charge on any atom is 0.293 e. The number of hydrogen-bond acceptors (Lipinski definition) is 4. The van der Waals surface area contributed by atoms with Gasteiger partial charge in [0.25, 0.3) is 5.69 Å². The molecule has 5 nitrogen and oxygen atoms in total. The number of benzene rings is 1. The number of nitrogens with one attached hydrogen (secondary N) is 1. The van der Waals surface area contributed by atoms with Crippen LogP contribution in [0.4, 0.5) is 11.4 Å². The highest BCUT2D eigenvalue weighted by atomic mass is 35.5. The molecule has 88 valence electrons. The monoisotopic (exact) mass is 244 g/mol. The summed E-state index contributed by atoms with van der Waals surface area (Å²) in [4.78, 5) is 10.2. The molecule has 0 fully saturated rings. The lowest BCUT2D eigenvalue weighted by molar-refractivity contribution is -0.383. The van der Waals surface area contributed by atoms with Crippen LogP contribution < -0.4 is 5.32 Å². The molecule has 0 aliphatic rings. The summed E-state index contributed by atoms with van der Waals surface area (Å²) in [6, 6.07) is 4.38. The van der Waals surface area contributed by atoms with E-state index in [4.69, 9.17) is 11.6 Å². The van der Waals surface area contributed by atoms with Gasteiger partial charge in [0.05, 0.1) is 11.0 Å². The summed E-state index contributed by atoms with van der Waals surface area (Å²) >= 11 is 5.67. The van der Waals surface area contributed by atoms with E-state index in [0.29, 0.717) is 17.1 Å². The molecule has 0 radical (unpaired) electrons. The van der Waals surface area contributed by atoms with Crippen molar-refractivity contribution in [3.63, 3.8) is 0 Å². The van der Waals surface area contributed by atoms with Gasteiger partial charge in [-0.2, -0.15) is 0 Å². The summed E-state index contributed by atoms with van der Waals surface area (Å²) in [6.45, 7) is 2.11. The molecule has 0 aliphatic carbocycles. The molecule has 1 rings (SSSR count). The molecule has 0 aromatic heterocycles. The first-order valence-corrected chi connectivity index (χ1v) is 5.28. The second kappa shape index (κ2) is 5.67. The van der Waals surface area contributed by atoms with Crippen molar-refractivity contribution in [2.24, 2.45) is 0 Å². The Bertz CT molecular complexity index is 384. The number of aliphatic hydroxyl groups excluding tert-OH is 1. The first kappa shape index (κ1) is 12.7. The zero-order valence-corrected chi connectivity index (χ0v) is 9.57. The highest BCUT2D eigenvalue weighted by Gasteiger charge is 2.14. The zero-order chi connectivity index (χ0) is 12.1. The maximum atomic E-state index is 10.7. The Balaban J connectivity index is 2.82. The van der Waals surface area contributed by atoms with E-state index >= 15 is 0 Å². The molecule has 2 N–H and O–H groups in total. The number of anilines is 1. The fraction of sp³-hybridized carbons (Fsp3) is 0.400. The third-order valence-corrected chi connectivity index (χ3v) is 2.39. The van der Waals surface area contributed by atoms with Gasteiger partial charge in [0.15, 0.2) is 0 Å². The largest absolute Gasteiger partial charge is 0.391 e. The Hall–Kier alpha value is -1.33. The van der Waals surface area contributed by atoms with Crippen molar-refractivity contribution < 1.29 is 10.0 Å². The van der Waals surface area contributed by atoms with Crippen molar-refractivity contribution in [3.05, 3.63) is 33.3 Å². The van der Waals surface area contributed by atoms with Gasteiger partial charge in [0.2, 0.25) is 0 Å². The number of nitro groups is 1. The summed E-state index contributed by atoms with van der Waals surface area (Å²) < 4.78 is 0. The summed E-state index contributed by atoms with van der Waals surface area (Å²) in [5.41, 5.74) is 0.276. The molecule has 1 aromatic rings. The van der Waals surface area contributed by atoms with Gasteiger partial charge in [-0.05, 0) is 18.6 Å². The third-order valence-electron chi connectivity index (χ3n) is 2.16. The third kappa shape index (κ3) is 3.36. The topological polar surface area (TPSA) is 75.4 Å². The van der Waals surface area contributed by atoms with Crippen LogP contribution in [-0.2, 0) is 0 Å². The molecule has 0 amide bonds. The fourth-order valence-corrected chi connectivity index (χ4v) is 1.34. The van der Waals surface area contributed by atoms with Crippen LogP contribution in [0.3, 0.4) is 0 Å². The van der Waals surface area contributed by atoms with E-state index in [1.807, 2.05) is 6.92 Å². The minimum Gasteiger partial charge on any atom is -0.391 e. The Kier molecular flexibility index (Phi) is 4.52. The highest BCUT2D eigenvalue weighted by molar-refractivity contribution is 6.30. The van der Waals surface area contributed by atoms with Crippen molar-refractivity contribution in [3.8, 4) is 0 Å². The van der Waals surface area contributed by atoms with Crippen LogP contribution in [0.15, 0.2) is 18.2 Å². The molecular weight excluding hydrogens is 232 g/mol. The Morgan fingerprint density at radius 3 is 2.88 bits per heavy atom. The maximum absolute atomic E-state index is 10.7. The van der Waals surface area contributed by atoms with Gasteiger partial charge in [-0.15, -0.1) is 0 Å². The van der Waals surface area contributed by atoms with E-state index in [2.05, 4.69) is 5.32 Å². The zero-order valence-electron chi connectivity index (χ0n) is 8.81. The normalized spacial score (nSPS) is 12.2. The molecule has 6 heteroatoms. The van der Waals surface area contributed by atoms with Crippen molar-refractivity contribution in [2.75, 3.05) is 11.9 Å². The van der Waals surface area contributed by atoms with E-state index < -0.39 is 11.0 Å². The predicted octanol–water partition coefficient (Wildman–Crippen LogP) is 2.43. The van der Waals surface area contributed by atoms with Crippen LogP contribution in [0.2, 0.25) is 5.02 Å². The van der Waals surface area contributed by atoms with E-state index in [-0.39, 0.29) is 12.2 Å². The van der Waals surface area contributed by atoms with E-state index in [0.717, 1.165) is 0 Å². The molecule has 1 aromatic carbocycles. The average molecular weight is 245 g/mol. The Morgan fingerprint density at radius 2 is 2.31 bits per heavy atom. The second-order valence-corrected chi connectivity index (χ2v) is 3.80. The number of hydrogen-bond donors (Lipinski definition) is 2. The average Bonchev–Trinajstić information content (AvgIpc) is 2.26. The summed E-state index contributed by atoms with van der Waals surface area (Å²) in [6.07, 6.45) is 0.0734. The van der Waals surface area contributed by atoms with Crippen LogP contribution in [0.5, 0.6) is 0 Å². The number of nitro benzene ring substituents is 1. The van der Waals surface area contributed by atoms with E-state index in [9.17, 15) is 15.2 Å². The minimum atomic E-state index is -0.518. The lowest BCUT2D eigenvalue weighted by Crippen LogP contribution is -2.18. The molecule has 0 saturated carbocycles. The van der Waals surface area contributed by atoms with E-state index in [1.54, 1.807) is 6.07 Å². The number of aliphatic hydroxyl groups is 1. The lowest BCUT2D eigenvalue weighted by atomic mass is 10.2. The first-order chi connectivity index (χ1) is 7.54. The smallest absolute Gasteiger partial charge is 0.293 e. The standard InChI is InChI=1S/C10H13ClN2O3/c1-2-8(14)6-12-9-4-3-7(11)5-10(9)13(15)16/h3-5,8,12,14H,2,6H2,1H3. The molecule has 16 heavy (non-hydrogen) atoms. The lowest BCUT2D eigenvalue weighted by Gasteiger charge is -2.10. The van der Waals surface area contributed by atoms with Crippen molar-refractivity contribution in [2.45, 2.75) is 19.4 Å². The fourth-order valence-electron chi connectivity index (χ4n) is 1.18. The molecular formula is C10H13ClN2O3. The van der Waals surface area contributed by atoms with E-state index in [1.165, 1.54) is 12.1 Å². The van der Waals surface area contributed by atoms with Crippen LogP contribution >= 0.6 is 11.6 Å². The van der Waals surface area contributed by atoms with Gasteiger partial charge in [0, 0.05) is 17.6 Å². The number of halogens is 1. The molecule has 0 saturated heterocycles. The van der Waals surface area contributed by atoms with Crippen molar-refractivity contribution in [1.29, 1.82) is 0 Å². The second-order valence-electron chi connectivity index (χ2n) is 3.36. The summed E-state index contributed by atoms with van der Waals surface area (Å²) in [5.74, 6) is 0. The van der Waals surface area contributed by atoms with Gasteiger partial charge < -0.3 is 10.4 Å². The number of rotatable bonds is 5. The Morgan fingerprint density at radius 1 is 1.62 bits per heavy atom. The van der Waals surface area contributed by atoms with Crippen LogP contribution in [0, 0.1) is 10.1 Å². The summed E-state index contributed by atoms with van der Waals surface area (Å²) in [5, 5.41) is 23.2. The van der Waals surface area contributed by atoms with Gasteiger partial charge in [-0.1, -0.05) is 18.5 Å². The van der Waals surface area contributed by atoms with Crippen LogP contribution in [0.25, 0.3) is 0 Å². The predicted molar refractivity (Wildman–Crippen MR) is 62.9 cm³/mol. The molecule has 0 bridgehead atoms. The minimum absolute atomic E-state index is 0.0872. The van der Waals surface area contributed by atoms with Gasteiger partial charge in [-0.3, -0.25) is 10.1 Å². The highest BCUT2D eigenvalue weighted by Crippen LogP contribution is 2.27. The first-order valence-electron chi connectivity index (χ1n) is 4.90. The molecule has 0 aliphatic heterocycles. The summed E-state index contributed by atoms with van der Waals surface area (Å²) in [7, 11) is 0. The Labute approximate surface area is 98.2 Å². The molecule has 0 heterocycles. The molecule has 1 unspecified atom stereocenters.